The van der Waals surface area contributed by atoms with Gasteiger partial charge in [-0.15, -0.1) is 0 Å². The van der Waals surface area contributed by atoms with E-state index in [-0.39, 0.29) is 24.8 Å². The maximum atomic E-state index is 12.6. The van der Waals surface area contributed by atoms with E-state index in [0.29, 0.717) is 5.82 Å². The molecule has 1 aromatic rings. The van der Waals surface area contributed by atoms with Crippen molar-refractivity contribution in [3.8, 4) is 0 Å². The molecule has 1 saturated heterocycles. The van der Waals surface area contributed by atoms with Gasteiger partial charge in [0, 0.05) is 19.8 Å². The average Bonchev–Trinajstić information content (AvgIpc) is 2.78. The number of imidazole rings is 1. The Bertz CT molecular complexity index is 590. The Balaban J connectivity index is 2.37. The van der Waals surface area contributed by atoms with E-state index in [1.54, 1.807) is 18.5 Å². The monoisotopic (exact) mass is 303 g/mol. The first-order valence-corrected chi connectivity index (χ1v) is 7.49. The van der Waals surface area contributed by atoms with Crippen molar-refractivity contribution in [2.75, 3.05) is 26.9 Å². The van der Waals surface area contributed by atoms with Crippen molar-refractivity contribution in [1.29, 1.82) is 0 Å². The van der Waals surface area contributed by atoms with Gasteiger partial charge in [0.15, 0.2) is 5.03 Å². The molecular formula is C11H17N3O5S. The van der Waals surface area contributed by atoms with Gasteiger partial charge in [0.2, 0.25) is 0 Å². The van der Waals surface area contributed by atoms with Crippen LogP contribution in [0.4, 0.5) is 0 Å². The highest BCUT2D eigenvalue weighted by Gasteiger charge is 2.40. The van der Waals surface area contributed by atoms with Gasteiger partial charge in [-0.2, -0.15) is 4.31 Å². The standard InChI is InChI=1S/C11H17N3O5S/c1-8-12-10(6-13(8)2)20(16,17)14-4-5-19-7-9(14)11(15)18-3/h6,9H,4-5,7H2,1-3H3. The number of aromatic nitrogens is 2. The number of hydrogen-bond donors (Lipinski definition) is 0. The van der Waals surface area contributed by atoms with Crippen molar-refractivity contribution in [3.05, 3.63) is 12.0 Å². The lowest BCUT2D eigenvalue weighted by molar-refractivity contribution is -0.149. The number of aryl methyl sites for hydroxylation is 2. The molecule has 1 fully saturated rings. The maximum Gasteiger partial charge on any atom is 0.326 e. The molecule has 0 amide bonds. The van der Waals surface area contributed by atoms with E-state index >= 15 is 0 Å². The molecule has 0 aromatic carbocycles. The Morgan fingerprint density at radius 2 is 2.25 bits per heavy atom. The SMILES string of the molecule is COC(=O)C1COCCN1S(=O)(=O)c1cn(C)c(C)n1. The number of carbonyl (C=O) groups excluding carboxylic acids is 1. The Morgan fingerprint density at radius 1 is 1.55 bits per heavy atom. The molecule has 8 nitrogen and oxygen atoms in total. The highest BCUT2D eigenvalue weighted by molar-refractivity contribution is 7.89. The van der Waals surface area contributed by atoms with E-state index in [1.165, 1.54) is 13.3 Å². The number of nitrogens with zero attached hydrogens (tertiary/aromatic N) is 3. The first-order chi connectivity index (χ1) is 9.37. The Morgan fingerprint density at radius 3 is 2.80 bits per heavy atom. The van der Waals surface area contributed by atoms with Crippen LogP contribution in [0.3, 0.4) is 0 Å². The quantitative estimate of drug-likeness (QED) is 0.685. The predicted molar refractivity (Wildman–Crippen MR) is 68.5 cm³/mol. The summed E-state index contributed by atoms with van der Waals surface area (Å²) in [7, 11) is -0.926. The number of rotatable bonds is 3. The topological polar surface area (TPSA) is 90.7 Å². The first-order valence-electron chi connectivity index (χ1n) is 6.05. The van der Waals surface area contributed by atoms with Gasteiger partial charge in [-0.3, -0.25) is 4.79 Å². The van der Waals surface area contributed by atoms with Gasteiger partial charge < -0.3 is 14.0 Å². The van der Waals surface area contributed by atoms with Crippen LogP contribution >= 0.6 is 0 Å². The molecule has 0 aliphatic carbocycles. The van der Waals surface area contributed by atoms with E-state index < -0.39 is 22.0 Å². The van der Waals surface area contributed by atoms with Crippen LogP contribution < -0.4 is 0 Å². The van der Waals surface area contributed by atoms with Crippen molar-refractivity contribution in [2.45, 2.75) is 18.0 Å². The van der Waals surface area contributed by atoms with Crippen molar-refractivity contribution in [3.63, 3.8) is 0 Å². The lowest BCUT2D eigenvalue weighted by atomic mass is 10.3. The molecule has 9 heteroatoms. The zero-order chi connectivity index (χ0) is 14.9. The zero-order valence-corrected chi connectivity index (χ0v) is 12.4. The van der Waals surface area contributed by atoms with Crippen LogP contribution in [0.25, 0.3) is 0 Å². The summed E-state index contributed by atoms with van der Waals surface area (Å²) in [5, 5.41) is -0.0756. The molecule has 1 aliphatic rings. The number of sulfonamides is 1. The zero-order valence-electron chi connectivity index (χ0n) is 11.6. The normalized spacial score (nSPS) is 20.9. The molecule has 1 unspecified atom stereocenters. The molecular weight excluding hydrogens is 286 g/mol. The summed E-state index contributed by atoms with van der Waals surface area (Å²) in [6, 6.07) is -0.971. The minimum Gasteiger partial charge on any atom is -0.468 e. The minimum absolute atomic E-state index is 0.0162. The molecule has 2 rings (SSSR count). The van der Waals surface area contributed by atoms with Crippen molar-refractivity contribution in [2.24, 2.45) is 7.05 Å². The van der Waals surface area contributed by atoms with E-state index in [4.69, 9.17) is 4.74 Å². The molecule has 0 radical (unpaired) electrons. The first kappa shape index (κ1) is 14.9. The third kappa shape index (κ3) is 2.56. The lowest BCUT2D eigenvalue weighted by Gasteiger charge is -2.31. The second-order valence-corrected chi connectivity index (χ2v) is 6.30. The Hall–Kier alpha value is -1.45. The largest absolute Gasteiger partial charge is 0.468 e. The molecule has 0 spiro atoms. The van der Waals surface area contributed by atoms with Crippen LogP contribution in [0, 0.1) is 6.92 Å². The summed E-state index contributed by atoms with van der Waals surface area (Å²) in [5.41, 5.74) is 0. The molecule has 0 bridgehead atoms. The maximum absolute atomic E-state index is 12.6. The second-order valence-electron chi connectivity index (χ2n) is 4.47. The van der Waals surface area contributed by atoms with Gasteiger partial charge in [-0.05, 0) is 6.92 Å². The van der Waals surface area contributed by atoms with E-state index in [2.05, 4.69) is 9.72 Å². The molecule has 0 N–H and O–H groups in total. The van der Waals surface area contributed by atoms with Crippen LogP contribution in [-0.4, -0.2) is 61.2 Å². The molecule has 2 heterocycles. The number of morpholine rings is 1. The average molecular weight is 303 g/mol. The van der Waals surface area contributed by atoms with Crippen molar-refractivity contribution >= 4 is 16.0 Å². The highest BCUT2D eigenvalue weighted by atomic mass is 32.2. The van der Waals surface area contributed by atoms with Crippen LogP contribution in [0.2, 0.25) is 0 Å². The summed E-state index contributed by atoms with van der Waals surface area (Å²) in [6.45, 7) is 2.02. The smallest absolute Gasteiger partial charge is 0.326 e. The van der Waals surface area contributed by atoms with Gasteiger partial charge in [0.05, 0.1) is 20.3 Å². The molecule has 1 aliphatic heterocycles. The third-order valence-electron chi connectivity index (χ3n) is 3.21. The third-order valence-corrected chi connectivity index (χ3v) is 4.99. The van der Waals surface area contributed by atoms with Gasteiger partial charge in [0.25, 0.3) is 10.0 Å². The Kier molecular flexibility index (Phi) is 4.11. The second kappa shape index (κ2) is 5.51. The number of methoxy groups -OCH3 is 1. The molecule has 112 valence electrons. The van der Waals surface area contributed by atoms with Crippen molar-refractivity contribution in [1.82, 2.24) is 13.9 Å². The van der Waals surface area contributed by atoms with E-state index in [0.717, 1.165) is 4.31 Å². The summed E-state index contributed by atoms with van der Waals surface area (Å²) < 4.78 is 37.6. The number of ether oxygens (including phenoxy) is 2. The fraction of sp³-hybridized carbons (Fsp3) is 0.636. The van der Waals surface area contributed by atoms with Crippen LogP contribution in [0.1, 0.15) is 5.82 Å². The van der Waals surface area contributed by atoms with Gasteiger partial charge in [-0.1, -0.05) is 0 Å². The summed E-state index contributed by atoms with van der Waals surface area (Å²) in [6.07, 6.45) is 1.43. The molecule has 20 heavy (non-hydrogen) atoms. The summed E-state index contributed by atoms with van der Waals surface area (Å²) >= 11 is 0. The van der Waals surface area contributed by atoms with Crippen molar-refractivity contribution < 1.29 is 22.7 Å². The van der Waals surface area contributed by atoms with E-state index in [1.807, 2.05) is 0 Å². The number of hydrogen-bond acceptors (Lipinski definition) is 6. The molecule has 1 aromatic heterocycles. The van der Waals surface area contributed by atoms with Gasteiger partial charge >= 0.3 is 5.97 Å². The molecule has 1 atom stereocenters. The fourth-order valence-corrected chi connectivity index (χ4v) is 3.54. The predicted octanol–water partition coefficient (Wildman–Crippen LogP) is -0.709. The highest BCUT2D eigenvalue weighted by Crippen LogP contribution is 2.20. The van der Waals surface area contributed by atoms with Crippen LogP contribution in [0.15, 0.2) is 11.2 Å². The minimum atomic E-state index is -3.85. The van der Waals surface area contributed by atoms with Crippen LogP contribution in [0.5, 0.6) is 0 Å². The van der Waals surface area contributed by atoms with Gasteiger partial charge in [0.1, 0.15) is 11.9 Å². The number of esters is 1. The summed E-state index contributed by atoms with van der Waals surface area (Å²) in [5.74, 6) is -0.0626. The van der Waals surface area contributed by atoms with Crippen LogP contribution in [-0.2, 0) is 31.3 Å². The number of carbonyl (C=O) groups is 1. The lowest BCUT2D eigenvalue weighted by Crippen LogP contribution is -2.52. The van der Waals surface area contributed by atoms with E-state index in [9.17, 15) is 13.2 Å². The fourth-order valence-electron chi connectivity index (χ4n) is 1.97. The van der Waals surface area contributed by atoms with Gasteiger partial charge in [-0.25, -0.2) is 13.4 Å². The Labute approximate surface area is 117 Å². The molecule has 0 saturated carbocycles. The summed E-state index contributed by atoms with van der Waals surface area (Å²) in [4.78, 5) is 15.7.